The fraction of sp³-hybridized carbons (Fsp3) is 0.409. The molecule has 8 nitrogen and oxygen atoms in total. The highest BCUT2D eigenvalue weighted by molar-refractivity contribution is 5.68. The number of rotatable bonds is 8. The molecule has 1 unspecified atom stereocenters. The van der Waals surface area contributed by atoms with Crippen molar-refractivity contribution in [3.63, 3.8) is 0 Å². The number of aryl methyl sites for hydroxylation is 3. The third kappa shape index (κ3) is 5.12. The Morgan fingerprint density at radius 3 is 2.82 bits per heavy atom. The van der Waals surface area contributed by atoms with E-state index in [0.717, 1.165) is 43.3 Å². The fourth-order valence-corrected chi connectivity index (χ4v) is 4.08. The van der Waals surface area contributed by atoms with Gasteiger partial charge in [0.1, 0.15) is 0 Å². The van der Waals surface area contributed by atoms with Gasteiger partial charge in [0.2, 0.25) is 5.95 Å². The second-order valence-electron chi connectivity index (χ2n) is 8.05. The van der Waals surface area contributed by atoms with Gasteiger partial charge in [-0.3, -0.25) is 13.9 Å². The van der Waals surface area contributed by atoms with Gasteiger partial charge in [-0.15, -0.1) is 0 Å². The van der Waals surface area contributed by atoms with Gasteiger partial charge in [-0.05, 0) is 37.0 Å². The van der Waals surface area contributed by atoms with Gasteiger partial charge in [-0.25, -0.2) is 9.78 Å². The molecule has 0 radical (unpaired) electrons. The van der Waals surface area contributed by atoms with Crippen molar-refractivity contribution in [1.82, 2.24) is 18.7 Å². The molecule has 0 saturated carbocycles. The molecule has 2 N–H and O–H groups in total. The van der Waals surface area contributed by atoms with Crippen molar-refractivity contribution in [3.8, 4) is 0 Å². The van der Waals surface area contributed by atoms with Crippen molar-refractivity contribution >= 4 is 11.9 Å². The molecular weight excluding hydrogens is 439 g/mol. The Morgan fingerprint density at radius 2 is 2.09 bits per heavy atom. The van der Waals surface area contributed by atoms with Crippen LogP contribution in [0.2, 0.25) is 0 Å². The molecule has 3 heterocycles. The number of carbonyl (C=O) groups is 1. The number of anilines is 1. The first kappa shape index (κ1) is 22.7. The number of benzene rings is 1. The van der Waals surface area contributed by atoms with E-state index in [4.69, 9.17) is 0 Å². The average molecular weight is 463 g/mol. The van der Waals surface area contributed by atoms with E-state index in [2.05, 4.69) is 14.9 Å². The molecule has 1 aliphatic heterocycles. The molecular formula is C22H24F3N5O3. The summed E-state index contributed by atoms with van der Waals surface area (Å²) in [5.74, 6) is -0.369. The Labute approximate surface area is 187 Å². The lowest BCUT2D eigenvalue weighted by Crippen LogP contribution is -2.29. The molecule has 0 bridgehead atoms. The summed E-state index contributed by atoms with van der Waals surface area (Å²) in [5.41, 5.74) is -0.327. The minimum Gasteiger partial charge on any atom is -0.481 e. The number of aromatic nitrogens is 4. The number of aliphatic carboxylic acids is 1. The van der Waals surface area contributed by atoms with E-state index in [1.165, 1.54) is 33.7 Å². The normalized spacial score (nSPS) is 14.5. The van der Waals surface area contributed by atoms with Crippen LogP contribution in [0.25, 0.3) is 0 Å². The number of hydrogen-bond acceptors (Lipinski definition) is 4. The Hall–Kier alpha value is -3.50. The molecule has 0 amide bonds. The lowest BCUT2D eigenvalue weighted by atomic mass is 10.0. The third-order valence-electron chi connectivity index (χ3n) is 5.69. The summed E-state index contributed by atoms with van der Waals surface area (Å²) in [4.78, 5) is 28.9. The molecule has 0 aliphatic carbocycles. The highest BCUT2D eigenvalue weighted by Crippen LogP contribution is 2.32. The second-order valence-corrected chi connectivity index (χ2v) is 8.05. The standard InChI is InChI=1S/C22H24F3N5O3/c23-22(24,25)16-5-1-4-15(12-16)18(13-19(31)32)30-11-10-28(21(30)33)8-2-6-17-14-29-9-3-7-26-20(29)27-17/h1,4-5,10-12,14,18H,2-3,6-9,13H2,(H,26,27)(H,31,32). The maximum Gasteiger partial charge on any atom is 0.416 e. The Balaban J connectivity index is 1.50. The van der Waals surface area contributed by atoms with Gasteiger partial charge < -0.3 is 15.0 Å². The van der Waals surface area contributed by atoms with E-state index in [9.17, 15) is 27.9 Å². The Morgan fingerprint density at radius 1 is 1.27 bits per heavy atom. The molecule has 0 spiro atoms. The molecule has 0 saturated heterocycles. The van der Waals surface area contributed by atoms with Gasteiger partial charge in [0.05, 0.1) is 23.7 Å². The van der Waals surface area contributed by atoms with Gasteiger partial charge in [-0.2, -0.15) is 13.2 Å². The van der Waals surface area contributed by atoms with Crippen LogP contribution in [0, 0.1) is 0 Å². The van der Waals surface area contributed by atoms with Crippen LogP contribution >= 0.6 is 0 Å². The van der Waals surface area contributed by atoms with Gasteiger partial charge in [0, 0.05) is 38.2 Å². The van der Waals surface area contributed by atoms with Crippen LogP contribution in [0.4, 0.5) is 19.1 Å². The largest absolute Gasteiger partial charge is 0.481 e. The molecule has 2 aromatic heterocycles. The Bertz CT molecular complexity index is 1170. The number of nitrogens with zero attached hydrogens (tertiary/aromatic N) is 4. The molecule has 1 atom stereocenters. The van der Waals surface area contributed by atoms with E-state index >= 15 is 0 Å². The maximum atomic E-state index is 13.1. The number of imidazole rings is 2. The minimum absolute atomic E-state index is 0.114. The molecule has 4 rings (SSSR count). The summed E-state index contributed by atoms with van der Waals surface area (Å²) in [6, 6.07) is 3.38. The summed E-state index contributed by atoms with van der Waals surface area (Å²) in [7, 11) is 0. The monoisotopic (exact) mass is 463 g/mol. The predicted octanol–water partition coefficient (Wildman–Crippen LogP) is 3.38. The number of nitrogens with one attached hydrogen (secondary N) is 1. The van der Waals surface area contributed by atoms with Crippen LogP contribution < -0.4 is 11.0 Å². The van der Waals surface area contributed by atoms with Crippen LogP contribution in [0.3, 0.4) is 0 Å². The summed E-state index contributed by atoms with van der Waals surface area (Å²) >= 11 is 0. The smallest absolute Gasteiger partial charge is 0.416 e. The molecule has 1 aromatic carbocycles. The first-order valence-electron chi connectivity index (χ1n) is 10.7. The second kappa shape index (κ2) is 9.16. The number of hydrogen-bond donors (Lipinski definition) is 2. The van der Waals surface area contributed by atoms with E-state index < -0.39 is 35.9 Å². The number of carboxylic acid groups (broad SMARTS) is 1. The quantitative estimate of drug-likeness (QED) is 0.534. The fourth-order valence-electron chi connectivity index (χ4n) is 4.08. The van der Waals surface area contributed by atoms with E-state index in [-0.39, 0.29) is 5.56 Å². The third-order valence-corrected chi connectivity index (χ3v) is 5.69. The zero-order chi connectivity index (χ0) is 23.6. The number of fused-ring (bicyclic) bond motifs is 1. The van der Waals surface area contributed by atoms with Crippen molar-refractivity contribution in [3.05, 3.63) is 70.2 Å². The van der Waals surface area contributed by atoms with Crippen LogP contribution in [-0.2, 0) is 30.5 Å². The molecule has 11 heteroatoms. The minimum atomic E-state index is -4.57. The zero-order valence-electron chi connectivity index (χ0n) is 17.8. The van der Waals surface area contributed by atoms with Crippen LogP contribution in [0.15, 0.2) is 47.7 Å². The van der Waals surface area contributed by atoms with Crippen molar-refractivity contribution in [2.45, 2.75) is 51.0 Å². The van der Waals surface area contributed by atoms with Gasteiger partial charge in [-0.1, -0.05) is 12.1 Å². The van der Waals surface area contributed by atoms with Gasteiger partial charge in [0.15, 0.2) is 0 Å². The number of halogens is 3. The summed E-state index contributed by atoms with van der Waals surface area (Å²) in [5, 5.41) is 12.5. The van der Waals surface area contributed by atoms with Crippen LogP contribution in [-0.4, -0.2) is 36.3 Å². The summed E-state index contributed by atoms with van der Waals surface area (Å²) in [6.07, 6.45) is 2.20. The molecule has 176 valence electrons. The summed E-state index contributed by atoms with van der Waals surface area (Å²) < 4.78 is 44.1. The average Bonchev–Trinajstić information content (AvgIpc) is 3.34. The zero-order valence-corrected chi connectivity index (χ0v) is 17.8. The summed E-state index contributed by atoms with van der Waals surface area (Å²) in [6.45, 7) is 2.19. The highest BCUT2D eigenvalue weighted by Gasteiger charge is 2.31. The number of carboxylic acids is 1. The van der Waals surface area contributed by atoms with Crippen molar-refractivity contribution < 1.29 is 23.1 Å². The van der Waals surface area contributed by atoms with Crippen molar-refractivity contribution in [2.24, 2.45) is 0 Å². The molecule has 33 heavy (non-hydrogen) atoms. The van der Waals surface area contributed by atoms with E-state index in [0.29, 0.717) is 19.4 Å². The first-order chi connectivity index (χ1) is 15.7. The molecule has 3 aromatic rings. The molecule has 0 fully saturated rings. The Kier molecular flexibility index (Phi) is 6.30. The first-order valence-corrected chi connectivity index (χ1v) is 10.7. The lowest BCUT2D eigenvalue weighted by molar-refractivity contribution is -0.138. The van der Waals surface area contributed by atoms with Crippen molar-refractivity contribution in [1.29, 1.82) is 0 Å². The van der Waals surface area contributed by atoms with Crippen molar-refractivity contribution in [2.75, 3.05) is 11.9 Å². The van der Waals surface area contributed by atoms with Crippen LogP contribution in [0.5, 0.6) is 0 Å². The lowest BCUT2D eigenvalue weighted by Gasteiger charge is -2.18. The number of alkyl halides is 3. The van der Waals surface area contributed by atoms with Crippen LogP contribution in [0.1, 0.15) is 42.1 Å². The highest BCUT2D eigenvalue weighted by atomic mass is 19.4. The van der Waals surface area contributed by atoms with Gasteiger partial charge >= 0.3 is 17.8 Å². The topological polar surface area (TPSA) is 94.1 Å². The predicted molar refractivity (Wildman–Crippen MR) is 114 cm³/mol. The SMILES string of the molecule is O=C(O)CC(c1cccc(C(F)(F)F)c1)n1ccn(CCCc2cn3c(n2)NCCC3)c1=O. The molecule has 1 aliphatic rings. The van der Waals surface area contributed by atoms with E-state index in [1.807, 2.05) is 6.20 Å². The maximum absolute atomic E-state index is 13.1. The van der Waals surface area contributed by atoms with E-state index in [1.54, 1.807) is 0 Å². The van der Waals surface area contributed by atoms with Gasteiger partial charge in [0.25, 0.3) is 0 Å².